The van der Waals surface area contributed by atoms with Crippen molar-refractivity contribution in [2.24, 2.45) is 0 Å². The van der Waals surface area contributed by atoms with Crippen LogP contribution in [0.3, 0.4) is 0 Å². The molecule has 6 heteroatoms. The number of nitrogens with one attached hydrogen (secondary N) is 1. The first-order valence-corrected chi connectivity index (χ1v) is 5.54. The maximum atomic E-state index is 13.4. The number of carbonyl (C=O) groups excluding carboxylic acids is 1. The Balaban J connectivity index is 2.43. The molecule has 0 aliphatic rings. The highest BCUT2D eigenvalue weighted by molar-refractivity contribution is 5.93. The van der Waals surface area contributed by atoms with Crippen LogP contribution in [0.15, 0.2) is 30.4 Å². The summed E-state index contributed by atoms with van der Waals surface area (Å²) in [5, 5.41) is 10.8. The zero-order valence-corrected chi connectivity index (χ0v) is 10.4. The minimum absolute atomic E-state index is 0.164. The highest BCUT2D eigenvalue weighted by Crippen LogP contribution is 2.17. The summed E-state index contributed by atoms with van der Waals surface area (Å²) in [6.45, 7) is 0.286. The number of benzene rings is 1. The fraction of sp³-hybridized carbons (Fsp3) is 0.231. The van der Waals surface area contributed by atoms with Crippen LogP contribution in [0.5, 0.6) is 5.75 Å². The number of amides is 1. The standard InChI is InChI=1S/C13H14FNO4/c1-19-11-3-2-9(8-10(11)14)6-7-15-12(16)4-5-13(17)18/h2-5,8H,6-7H2,1H3,(H,15,16)(H,17,18)/b5-4+. The number of methoxy groups -OCH3 is 1. The van der Waals surface area contributed by atoms with Crippen molar-refractivity contribution in [2.45, 2.75) is 6.42 Å². The first-order valence-electron chi connectivity index (χ1n) is 5.54. The van der Waals surface area contributed by atoms with Crippen LogP contribution in [0.2, 0.25) is 0 Å². The van der Waals surface area contributed by atoms with E-state index in [2.05, 4.69) is 5.32 Å². The number of carboxylic acid groups (broad SMARTS) is 1. The van der Waals surface area contributed by atoms with Crippen LogP contribution in [0.4, 0.5) is 4.39 Å². The van der Waals surface area contributed by atoms with Crippen LogP contribution in [0.1, 0.15) is 5.56 Å². The zero-order valence-electron chi connectivity index (χ0n) is 10.4. The number of carbonyl (C=O) groups is 2. The highest BCUT2D eigenvalue weighted by atomic mass is 19.1. The fourth-order valence-corrected chi connectivity index (χ4v) is 1.40. The Morgan fingerprint density at radius 1 is 1.42 bits per heavy atom. The minimum atomic E-state index is -1.19. The fourth-order valence-electron chi connectivity index (χ4n) is 1.40. The van der Waals surface area contributed by atoms with Gasteiger partial charge < -0.3 is 15.2 Å². The van der Waals surface area contributed by atoms with Gasteiger partial charge in [0.1, 0.15) is 0 Å². The van der Waals surface area contributed by atoms with Gasteiger partial charge in [-0.25, -0.2) is 9.18 Å². The number of halogens is 1. The van der Waals surface area contributed by atoms with Crippen molar-refractivity contribution in [1.29, 1.82) is 0 Å². The monoisotopic (exact) mass is 267 g/mol. The molecule has 0 saturated carbocycles. The van der Waals surface area contributed by atoms with E-state index >= 15 is 0 Å². The lowest BCUT2D eigenvalue weighted by Gasteiger charge is -2.05. The lowest BCUT2D eigenvalue weighted by molar-refractivity contribution is -0.131. The molecule has 1 aromatic carbocycles. The largest absolute Gasteiger partial charge is 0.494 e. The Bertz CT molecular complexity index is 499. The topological polar surface area (TPSA) is 75.6 Å². The second-order valence-electron chi connectivity index (χ2n) is 3.68. The van der Waals surface area contributed by atoms with Gasteiger partial charge in [0, 0.05) is 18.7 Å². The molecule has 1 aromatic rings. The van der Waals surface area contributed by atoms with Crippen LogP contribution in [-0.2, 0) is 16.0 Å². The molecule has 0 fully saturated rings. The first kappa shape index (κ1) is 14.7. The van der Waals surface area contributed by atoms with Gasteiger partial charge in [-0.05, 0) is 24.1 Å². The second-order valence-corrected chi connectivity index (χ2v) is 3.68. The molecule has 5 nitrogen and oxygen atoms in total. The molecule has 0 radical (unpaired) electrons. The molecule has 102 valence electrons. The SMILES string of the molecule is COc1ccc(CCNC(=O)/C=C/C(=O)O)cc1F. The second kappa shape index (κ2) is 7.15. The van der Waals surface area contributed by atoms with Gasteiger partial charge in [-0.3, -0.25) is 4.79 Å². The van der Waals surface area contributed by atoms with Gasteiger partial charge in [-0.15, -0.1) is 0 Å². The van der Waals surface area contributed by atoms with E-state index in [-0.39, 0.29) is 12.3 Å². The predicted molar refractivity (Wildman–Crippen MR) is 66.4 cm³/mol. The third kappa shape index (κ3) is 5.20. The Morgan fingerprint density at radius 2 is 2.16 bits per heavy atom. The van der Waals surface area contributed by atoms with Crippen molar-refractivity contribution in [3.8, 4) is 5.75 Å². The van der Waals surface area contributed by atoms with E-state index in [4.69, 9.17) is 9.84 Å². The van der Waals surface area contributed by atoms with Gasteiger partial charge >= 0.3 is 5.97 Å². The average molecular weight is 267 g/mol. The Hall–Kier alpha value is -2.37. The van der Waals surface area contributed by atoms with Gasteiger partial charge in [-0.1, -0.05) is 6.07 Å². The van der Waals surface area contributed by atoms with Gasteiger partial charge in [0.2, 0.25) is 5.91 Å². The van der Waals surface area contributed by atoms with Crippen molar-refractivity contribution in [1.82, 2.24) is 5.32 Å². The summed E-state index contributed by atoms with van der Waals surface area (Å²) in [5.74, 6) is -1.99. The summed E-state index contributed by atoms with van der Waals surface area (Å²) in [5.41, 5.74) is 0.709. The van der Waals surface area contributed by atoms with E-state index in [0.717, 1.165) is 12.2 Å². The van der Waals surface area contributed by atoms with E-state index in [1.54, 1.807) is 6.07 Å². The van der Waals surface area contributed by atoms with Crippen molar-refractivity contribution < 1.29 is 23.8 Å². The molecule has 19 heavy (non-hydrogen) atoms. The number of hydrogen-bond donors (Lipinski definition) is 2. The highest BCUT2D eigenvalue weighted by Gasteiger charge is 2.03. The lowest BCUT2D eigenvalue weighted by Crippen LogP contribution is -2.23. The molecule has 0 saturated heterocycles. The Kier molecular flexibility index (Phi) is 5.53. The molecular formula is C13H14FNO4. The van der Waals surface area contributed by atoms with Crippen LogP contribution >= 0.6 is 0 Å². The third-order valence-corrected chi connectivity index (χ3v) is 2.31. The quantitative estimate of drug-likeness (QED) is 0.758. The summed E-state index contributed by atoms with van der Waals surface area (Å²) in [7, 11) is 1.38. The molecular weight excluding hydrogens is 253 g/mol. The summed E-state index contributed by atoms with van der Waals surface area (Å²) in [6.07, 6.45) is 2.12. The van der Waals surface area contributed by atoms with E-state index in [0.29, 0.717) is 12.0 Å². The normalized spacial score (nSPS) is 10.4. The van der Waals surface area contributed by atoms with E-state index in [9.17, 15) is 14.0 Å². The van der Waals surface area contributed by atoms with Crippen LogP contribution < -0.4 is 10.1 Å². The van der Waals surface area contributed by atoms with Gasteiger partial charge in [0.05, 0.1) is 7.11 Å². The number of aliphatic carboxylic acids is 1. The number of ether oxygens (including phenoxy) is 1. The molecule has 1 rings (SSSR count). The van der Waals surface area contributed by atoms with Gasteiger partial charge in [0.15, 0.2) is 11.6 Å². The molecule has 0 aliphatic heterocycles. The minimum Gasteiger partial charge on any atom is -0.494 e. The molecule has 0 aliphatic carbocycles. The summed E-state index contributed by atoms with van der Waals surface area (Å²) < 4.78 is 18.1. The summed E-state index contributed by atoms with van der Waals surface area (Å²) >= 11 is 0. The summed E-state index contributed by atoms with van der Waals surface area (Å²) in [4.78, 5) is 21.3. The van der Waals surface area contributed by atoms with E-state index in [1.165, 1.54) is 19.2 Å². The molecule has 0 unspecified atom stereocenters. The van der Waals surface area contributed by atoms with Crippen molar-refractivity contribution >= 4 is 11.9 Å². The van der Waals surface area contributed by atoms with E-state index < -0.39 is 17.7 Å². The molecule has 0 aromatic heterocycles. The zero-order chi connectivity index (χ0) is 14.3. The average Bonchev–Trinajstić information content (AvgIpc) is 2.36. The lowest BCUT2D eigenvalue weighted by atomic mass is 10.1. The van der Waals surface area contributed by atoms with Crippen molar-refractivity contribution in [3.63, 3.8) is 0 Å². The number of rotatable bonds is 6. The molecule has 0 heterocycles. The number of carboxylic acids is 1. The molecule has 0 spiro atoms. The third-order valence-electron chi connectivity index (χ3n) is 2.31. The Morgan fingerprint density at radius 3 is 2.74 bits per heavy atom. The summed E-state index contributed by atoms with van der Waals surface area (Å²) in [6, 6.07) is 4.54. The molecule has 0 atom stereocenters. The van der Waals surface area contributed by atoms with Crippen LogP contribution in [0.25, 0.3) is 0 Å². The van der Waals surface area contributed by atoms with Crippen LogP contribution in [-0.4, -0.2) is 30.6 Å². The van der Waals surface area contributed by atoms with Crippen molar-refractivity contribution in [2.75, 3.05) is 13.7 Å². The predicted octanol–water partition coefficient (Wildman–Crippen LogP) is 1.13. The Labute approximate surface area is 109 Å². The van der Waals surface area contributed by atoms with Gasteiger partial charge in [0.25, 0.3) is 0 Å². The number of hydrogen-bond acceptors (Lipinski definition) is 3. The van der Waals surface area contributed by atoms with Crippen molar-refractivity contribution in [3.05, 3.63) is 41.7 Å². The molecule has 0 bridgehead atoms. The van der Waals surface area contributed by atoms with E-state index in [1.807, 2.05) is 0 Å². The van der Waals surface area contributed by atoms with Crippen LogP contribution in [0, 0.1) is 5.82 Å². The maximum absolute atomic E-state index is 13.4. The molecule has 1 amide bonds. The smallest absolute Gasteiger partial charge is 0.328 e. The molecule has 2 N–H and O–H groups in total. The van der Waals surface area contributed by atoms with Gasteiger partial charge in [-0.2, -0.15) is 0 Å². The maximum Gasteiger partial charge on any atom is 0.328 e. The first-order chi connectivity index (χ1) is 9.02.